The molecular weight excluding hydrogens is 242 g/mol. The molecule has 0 atom stereocenters. The van der Waals surface area contributed by atoms with Gasteiger partial charge in [-0.05, 0) is 18.6 Å². The van der Waals surface area contributed by atoms with Crippen molar-refractivity contribution in [2.75, 3.05) is 0 Å². The molecule has 2 aromatic rings. The minimum absolute atomic E-state index is 0.0780. The highest BCUT2D eigenvalue weighted by Gasteiger charge is 2.29. The van der Waals surface area contributed by atoms with Crippen molar-refractivity contribution in [1.82, 2.24) is 4.98 Å². The molecule has 0 amide bonds. The summed E-state index contributed by atoms with van der Waals surface area (Å²) in [6.45, 7) is 7.69. The van der Waals surface area contributed by atoms with Crippen molar-refractivity contribution < 1.29 is 14.3 Å². The summed E-state index contributed by atoms with van der Waals surface area (Å²) < 4.78 is 5.46. The van der Waals surface area contributed by atoms with Gasteiger partial charge in [-0.15, -0.1) is 0 Å². The highest BCUT2D eigenvalue weighted by molar-refractivity contribution is 5.86. The summed E-state index contributed by atoms with van der Waals surface area (Å²) >= 11 is 0. The van der Waals surface area contributed by atoms with Gasteiger partial charge in [0, 0.05) is 11.0 Å². The van der Waals surface area contributed by atoms with E-state index < -0.39 is 5.97 Å². The monoisotopic (exact) mass is 259 g/mol. The van der Waals surface area contributed by atoms with E-state index in [2.05, 4.69) is 4.98 Å². The van der Waals surface area contributed by atoms with Crippen LogP contribution in [0.3, 0.4) is 0 Å². The molecule has 0 radical (unpaired) electrons. The van der Waals surface area contributed by atoms with E-state index in [-0.39, 0.29) is 11.2 Å². The fourth-order valence-corrected chi connectivity index (χ4v) is 1.90. The van der Waals surface area contributed by atoms with E-state index in [1.54, 1.807) is 0 Å². The summed E-state index contributed by atoms with van der Waals surface area (Å²) in [6, 6.07) is 7.62. The first-order chi connectivity index (χ1) is 8.80. The summed E-state index contributed by atoms with van der Waals surface area (Å²) in [5.74, 6) is -0.802. The summed E-state index contributed by atoms with van der Waals surface area (Å²) in [6.07, 6.45) is 0. The van der Waals surface area contributed by atoms with Crippen LogP contribution in [-0.4, -0.2) is 16.1 Å². The number of carbonyl (C=O) groups is 1. The maximum Gasteiger partial charge on any atom is 0.373 e. The maximum atomic E-state index is 11.3. The second-order valence-electron chi connectivity index (χ2n) is 5.57. The predicted molar refractivity (Wildman–Crippen MR) is 72.3 cm³/mol. The zero-order chi connectivity index (χ0) is 14.2. The fraction of sp³-hybridized carbons (Fsp3) is 0.333. The first-order valence-electron chi connectivity index (χ1n) is 6.11. The van der Waals surface area contributed by atoms with E-state index in [1.807, 2.05) is 52.0 Å². The van der Waals surface area contributed by atoms with E-state index in [0.717, 1.165) is 11.1 Å². The minimum Gasteiger partial charge on any atom is -0.475 e. The SMILES string of the molecule is Cc1ccccc1-c1nc(C(C)(C)C)c(C(=O)O)o1. The Morgan fingerprint density at radius 1 is 1.26 bits per heavy atom. The molecule has 0 aliphatic heterocycles. The highest BCUT2D eigenvalue weighted by Crippen LogP contribution is 2.31. The summed E-state index contributed by atoms with van der Waals surface area (Å²) in [5, 5.41) is 9.22. The molecule has 100 valence electrons. The molecule has 19 heavy (non-hydrogen) atoms. The quantitative estimate of drug-likeness (QED) is 0.894. The van der Waals surface area contributed by atoms with Crippen molar-refractivity contribution in [3.63, 3.8) is 0 Å². The zero-order valence-electron chi connectivity index (χ0n) is 11.5. The van der Waals surface area contributed by atoms with Crippen LogP contribution in [0.25, 0.3) is 11.5 Å². The lowest BCUT2D eigenvalue weighted by atomic mass is 9.91. The number of nitrogens with zero attached hydrogens (tertiary/aromatic N) is 1. The van der Waals surface area contributed by atoms with E-state index in [1.165, 1.54) is 0 Å². The second-order valence-corrected chi connectivity index (χ2v) is 5.57. The van der Waals surface area contributed by atoms with Gasteiger partial charge in [-0.3, -0.25) is 0 Å². The molecule has 2 rings (SSSR count). The number of hydrogen-bond acceptors (Lipinski definition) is 3. The van der Waals surface area contributed by atoms with Gasteiger partial charge >= 0.3 is 5.97 Å². The van der Waals surface area contributed by atoms with Crippen LogP contribution in [0.5, 0.6) is 0 Å². The molecule has 0 aliphatic rings. The van der Waals surface area contributed by atoms with Crippen molar-refractivity contribution in [3.8, 4) is 11.5 Å². The molecule has 0 saturated heterocycles. The lowest BCUT2D eigenvalue weighted by molar-refractivity contribution is 0.0659. The van der Waals surface area contributed by atoms with Gasteiger partial charge in [0.1, 0.15) is 5.69 Å². The van der Waals surface area contributed by atoms with Gasteiger partial charge in [0.15, 0.2) is 0 Å². The van der Waals surface area contributed by atoms with E-state index in [9.17, 15) is 9.90 Å². The molecule has 0 fully saturated rings. The number of rotatable bonds is 2. The van der Waals surface area contributed by atoms with Crippen molar-refractivity contribution in [3.05, 3.63) is 41.3 Å². The van der Waals surface area contributed by atoms with Crippen LogP contribution >= 0.6 is 0 Å². The Hall–Kier alpha value is -2.10. The van der Waals surface area contributed by atoms with Crippen LogP contribution in [0.2, 0.25) is 0 Å². The fourth-order valence-electron chi connectivity index (χ4n) is 1.90. The molecule has 1 N–H and O–H groups in total. The smallest absolute Gasteiger partial charge is 0.373 e. The third-order valence-corrected chi connectivity index (χ3v) is 2.91. The molecule has 0 spiro atoms. The van der Waals surface area contributed by atoms with Crippen molar-refractivity contribution in [1.29, 1.82) is 0 Å². The van der Waals surface area contributed by atoms with Crippen molar-refractivity contribution in [2.45, 2.75) is 33.1 Å². The number of carboxylic acid groups (broad SMARTS) is 1. The molecule has 4 nitrogen and oxygen atoms in total. The standard InChI is InChI=1S/C15H17NO3/c1-9-7-5-6-8-10(9)13-16-12(15(2,3)4)11(19-13)14(17)18/h5-8H,1-4H3,(H,17,18). The largest absolute Gasteiger partial charge is 0.475 e. The second kappa shape index (κ2) is 4.53. The van der Waals surface area contributed by atoms with Gasteiger partial charge in [-0.1, -0.05) is 39.0 Å². The number of oxazole rings is 1. The molecule has 4 heteroatoms. The molecule has 0 saturated carbocycles. The summed E-state index contributed by atoms with van der Waals surface area (Å²) in [7, 11) is 0. The lowest BCUT2D eigenvalue weighted by Crippen LogP contribution is -2.16. The third kappa shape index (κ3) is 2.52. The molecule has 0 bridgehead atoms. The lowest BCUT2D eigenvalue weighted by Gasteiger charge is -2.14. The summed E-state index contributed by atoms with van der Waals surface area (Å²) in [5.41, 5.74) is 1.91. The molecule has 1 aromatic carbocycles. The predicted octanol–water partition coefficient (Wildman–Crippen LogP) is 3.65. The molecular formula is C15H17NO3. The first kappa shape index (κ1) is 13.3. The zero-order valence-corrected chi connectivity index (χ0v) is 11.5. The highest BCUT2D eigenvalue weighted by atomic mass is 16.4. The Labute approximate surface area is 112 Å². The Balaban J connectivity index is 2.62. The number of aromatic nitrogens is 1. The topological polar surface area (TPSA) is 63.3 Å². The molecule has 1 aromatic heterocycles. The van der Waals surface area contributed by atoms with Gasteiger partial charge in [-0.2, -0.15) is 0 Å². The number of aromatic carboxylic acids is 1. The van der Waals surface area contributed by atoms with Crippen LogP contribution in [0.4, 0.5) is 0 Å². The number of aryl methyl sites for hydroxylation is 1. The molecule has 1 heterocycles. The van der Waals surface area contributed by atoms with Crippen LogP contribution in [-0.2, 0) is 5.41 Å². The maximum absolute atomic E-state index is 11.3. The number of carboxylic acids is 1. The van der Waals surface area contributed by atoms with Gasteiger partial charge in [0.05, 0.1) is 0 Å². The summed E-state index contributed by atoms with van der Waals surface area (Å²) in [4.78, 5) is 15.7. The van der Waals surface area contributed by atoms with Gasteiger partial charge in [0.2, 0.25) is 11.7 Å². The van der Waals surface area contributed by atoms with E-state index in [0.29, 0.717) is 11.6 Å². The van der Waals surface area contributed by atoms with Crippen LogP contribution < -0.4 is 0 Å². The normalized spacial score (nSPS) is 11.6. The van der Waals surface area contributed by atoms with E-state index in [4.69, 9.17) is 4.42 Å². The number of benzene rings is 1. The van der Waals surface area contributed by atoms with Crippen LogP contribution in [0.1, 0.15) is 42.6 Å². The molecule has 0 unspecified atom stereocenters. The average Bonchev–Trinajstić information content (AvgIpc) is 2.74. The Morgan fingerprint density at radius 3 is 2.37 bits per heavy atom. The first-order valence-corrected chi connectivity index (χ1v) is 6.11. The van der Waals surface area contributed by atoms with Gasteiger partial charge < -0.3 is 9.52 Å². The Morgan fingerprint density at radius 2 is 1.89 bits per heavy atom. The van der Waals surface area contributed by atoms with Crippen molar-refractivity contribution in [2.24, 2.45) is 0 Å². The van der Waals surface area contributed by atoms with Crippen molar-refractivity contribution >= 4 is 5.97 Å². The Kier molecular flexibility index (Phi) is 3.18. The third-order valence-electron chi connectivity index (χ3n) is 2.91. The Bertz CT molecular complexity index is 621. The minimum atomic E-state index is -1.09. The number of hydrogen-bond donors (Lipinski definition) is 1. The van der Waals surface area contributed by atoms with Crippen LogP contribution in [0.15, 0.2) is 28.7 Å². The van der Waals surface area contributed by atoms with Gasteiger partial charge in [0.25, 0.3) is 0 Å². The average molecular weight is 259 g/mol. The van der Waals surface area contributed by atoms with Crippen LogP contribution in [0, 0.1) is 6.92 Å². The van der Waals surface area contributed by atoms with E-state index >= 15 is 0 Å². The van der Waals surface area contributed by atoms with Gasteiger partial charge in [-0.25, -0.2) is 9.78 Å². The molecule has 0 aliphatic carbocycles.